The van der Waals surface area contributed by atoms with E-state index in [1.807, 2.05) is 23.2 Å². The van der Waals surface area contributed by atoms with Gasteiger partial charge in [-0.2, -0.15) is 0 Å². The molecule has 126 valence electrons. The first-order chi connectivity index (χ1) is 11.7. The van der Waals surface area contributed by atoms with Crippen molar-refractivity contribution in [3.05, 3.63) is 36.0 Å². The molecule has 0 radical (unpaired) electrons. The summed E-state index contributed by atoms with van der Waals surface area (Å²) in [5, 5.41) is 4.21. The highest BCUT2D eigenvalue weighted by molar-refractivity contribution is 5.92. The van der Waals surface area contributed by atoms with Gasteiger partial charge in [-0.1, -0.05) is 18.2 Å². The van der Waals surface area contributed by atoms with Crippen LogP contribution in [0.4, 0.5) is 0 Å². The normalized spacial score (nSPS) is 22.8. The number of fused-ring (bicyclic) bond motifs is 1. The molecule has 1 saturated heterocycles. The Bertz CT molecular complexity index is 761. The molecule has 0 spiro atoms. The molecule has 1 aliphatic carbocycles. The number of amides is 2. The van der Waals surface area contributed by atoms with E-state index in [1.54, 1.807) is 0 Å². The summed E-state index contributed by atoms with van der Waals surface area (Å²) in [5.74, 6) is 0.0360. The summed E-state index contributed by atoms with van der Waals surface area (Å²) >= 11 is 0. The van der Waals surface area contributed by atoms with Gasteiger partial charge in [-0.25, -0.2) is 0 Å². The van der Waals surface area contributed by atoms with E-state index in [-0.39, 0.29) is 23.7 Å². The van der Waals surface area contributed by atoms with Crippen molar-refractivity contribution in [2.24, 2.45) is 11.8 Å². The fraction of sp³-hybridized carbons (Fsp3) is 0.474. The third-order valence-electron chi connectivity index (χ3n) is 5.23. The standard InChI is InChI=1S/C19H23N3O2/c23-18(15-11-16(15)19(24)22-9-3-4-10-22)20-8-7-13-12-21-17-6-2-1-5-14(13)17/h1-2,5-6,12,15-16,21H,3-4,7-11H2,(H,20,23). The first-order valence-electron chi connectivity index (χ1n) is 8.85. The van der Waals surface area contributed by atoms with Crippen LogP contribution in [0.1, 0.15) is 24.8 Å². The summed E-state index contributed by atoms with van der Waals surface area (Å²) < 4.78 is 0. The number of aromatic amines is 1. The van der Waals surface area contributed by atoms with Crippen molar-refractivity contribution in [1.82, 2.24) is 15.2 Å². The minimum Gasteiger partial charge on any atom is -0.361 e. The number of hydrogen-bond acceptors (Lipinski definition) is 2. The van der Waals surface area contributed by atoms with Crippen LogP contribution in [-0.2, 0) is 16.0 Å². The van der Waals surface area contributed by atoms with Crippen LogP contribution in [0, 0.1) is 11.8 Å². The Morgan fingerprint density at radius 3 is 2.79 bits per heavy atom. The number of H-pyrrole nitrogens is 1. The summed E-state index contributed by atoms with van der Waals surface area (Å²) in [4.78, 5) is 29.7. The monoisotopic (exact) mass is 325 g/mol. The minimum atomic E-state index is -0.110. The van der Waals surface area contributed by atoms with Gasteiger partial charge in [-0.3, -0.25) is 9.59 Å². The number of carbonyl (C=O) groups excluding carboxylic acids is 2. The highest BCUT2D eigenvalue weighted by Gasteiger charge is 2.49. The minimum absolute atomic E-state index is 0.0346. The van der Waals surface area contributed by atoms with Crippen molar-refractivity contribution in [3.8, 4) is 0 Å². The van der Waals surface area contributed by atoms with Crippen LogP contribution in [0.3, 0.4) is 0 Å². The van der Waals surface area contributed by atoms with Crippen LogP contribution >= 0.6 is 0 Å². The van der Waals surface area contributed by atoms with Crippen molar-refractivity contribution in [2.75, 3.05) is 19.6 Å². The van der Waals surface area contributed by atoms with Gasteiger partial charge in [0.15, 0.2) is 0 Å². The van der Waals surface area contributed by atoms with Gasteiger partial charge in [-0.05, 0) is 37.3 Å². The molecule has 2 aromatic rings. The van der Waals surface area contributed by atoms with E-state index in [0.29, 0.717) is 13.0 Å². The second kappa shape index (κ2) is 6.30. The molecule has 0 bridgehead atoms. The molecule has 1 aliphatic heterocycles. The fourth-order valence-electron chi connectivity index (χ4n) is 3.72. The van der Waals surface area contributed by atoms with Gasteiger partial charge in [0.1, 0.15) is 0 Å². The number of rotatable bonds is 5. The molecule has 1 aromatic heterocycles. The fourth-order valence-corrected chi connectivity index (χ4v) is 3.72. The molecule has 5 heteroatoms. The van der Waals surface area contributed by atoms with Crippen LogP contribution in [0.25, 0.3) is 10.9 Å². The van der Waals surface area contributed by atoms with E-state index in [2.05, 4.69) is 22.4 Å². The highest BCUT2D eigenvalue weighted by atomic mass is 16.2. The number of hydrogen-bond donors (Lipinski definition) is 2. The summed E-state index contributed by atoms with van der Waals surface area (Å²) in [6.45, 7) is 2.34. The van der Waals surface area contributed by atoms with Gasteiger partial charge in [0.05, 0.1) is 11.8 Å². The van der Waals surface area contributed by atoms with Gasteiger partial charge < -0.3 is 15.2 Å². The molecule has 2 atom stereocenters. The Morgan fingerprint density at radius 2 is 1.96 bits per heavy atom. The van der Waals surface area contributed by atoms with Crippen LogP contribution in [0.5, 0.6) is 0 Å². The van der Waals surface area contributed by atoms with E-state index in [0.717, 1.165) is 37.9 Å². The lowest BCUT2D eigenvalue weighted by Crippen LogP contribution is -2.32. The summed E-state index contributed by atoms with van der Waals surface area (Å²) in [6, 6.07) is 8.18. The lowest BCUT2D eigenvalue weighted by Gasteiger charge is -2.14. The lowest BCUT2D eigenvalue weighted by atomic mass is 10.1. The van der Waals surface area contributed by atoms with E-state index < -0.39 is 0 Å². The molecule has 1 aromatic carbocycles. The maximum atomic E-state index is 12.3. The number of nitrogens with zero attached hydrogens (tertiary/aromatic N) is 1. The molecule has 2 N–H and O–H groups in total. The van der Waals surface area contributed by atoms with Gasteiger partial charge in [0, 0.05) is 36.7 Å². The topological polar surface area (TPSA) is 65.2 Å². The molecular weight excluding hydrogens is 302 g/mol. The lowest BCUT2D eigenvalue weighted by molar-refractivity contribution is -0.133. The third kappa shape index (κ3) is 2.90. The zero-order valence-electron chi connectivity index (χ0n) is 13.8. The number of para-hydroxylation sites is 1. The van der Waals surface area contributed by atoms with Crippen LogP contribution in [0.2, 0.25) is 0 Å². The Hall–Kier alpha value is -2.30. The van der Waals surface area contributed by atoms with Gasteiger partial charge in [0.25, 0.3) is 0 Å². The van der Waals surface area contributed by atoms with Crippen molar-refractivity contribution in [3.63, 3.8) is 0 Å². The Labute approximate surface area is 141 Å². The molecule has 1 saturated carbocycles. The van der Waals surface area contributed by atoms with E-state index in [9.17, 15) is 9.59 Å². The van der Waals surface area contributed by atoms with Gasteiger partial charge >= 0.3 is 0 Å². The van der Waals surface area contributed by atoms with Crippen LogP contribution < -0.4 is 5.32 Å². The zero-order chi connectivity index (χ0) is 16.5. The first kappa shape index (κ1) is 15.2. The summed E-state index contributed by atoms with van der Waals surface area (Å²) in [7, 11) is 0. The average molecular weight is 325 g/mol. The molecule has 2 heterocycles. The smallest absolute Gasteiger partial charge is 0.226 e. The zero-order valence-corrected chi connectivity index (χ0v) is 13.8. The number of aromatic nitrogens is 1. The maximum absolute atomic E-state index is 12.3. The number of benzene rings is 1. The number of nitrogens with one attached hydrogen (secondary N) is 2. The van der Waals surface area contributed by atoms with E-state index in [4.69, 9.17) is 0 Å². The van der Waals surface area contributed by atoms with Crippen LogP contribution in [-0.4, -0.2) is 41.3 Å². The molecular formula is C19H23N3O2. The van der Waals surface area contributed by atoms with E-state index >= 15 is 0 Å². The Kier molecular flexibility index (Phi) is 4.00. The quantitative estimate of drug-likeness (QED) is 0.884. The highest BCUT2D eigenvalue weighted by Crippen LogP contribution is 2.40. The van der Waals surface area contributed by atoms with E-state index in [1.165, 1.54) is 10.9 Å². The SMILES string of the molecule is O=C(NCCc1c[nH]c2ccccc12)C1CC1C(=O)N1CCCC1. The molecule has 2 fully saturated rings. The molecule has 2 aliphatic rings. The summed E-state index contributed by atoms with van der Waals surface area (Å²) in [5.41, 5.74) is 2.34. The molecule has 5 nitrogen and oxygen atoms in total. The van der Waals surface area contributed by atoms with Crippen molar-refractivity contribution in [1.29, 1.82) is 0 Å². The first-order valence-corrected chi connectivity index (χ1v) is 8.85. The Balaban J connectivity index is 1.26. The average Bonchev–Trinajstić information content (AvgIpc) is 3.03. The second-order valence-corrected chi connectivity index (χ2v) is 6.88. The number of likely N-dealkylation sites (tertiary alicyclic amines) is 1. The Morgan fingerprint density at radius 1 is 1.17 bits per heavy atom. The predicted molar refractivity (Wildman–Crippen MR) is 92.4 cm³/mol. The molecule has 24 heavy (non-hydrogen) atoms. The van der Waals surface area contributed by atoms with Gasteiger partial charge in [0.2, 0.25) is 11.8 Å². The molecule has 2 amide bonds. The summed E-state index contributed by atoms with van der Waals surface area (Å²) in [6.07, 6.45) is 5.72. The molecule has 2 unspecified atom stereocenters. The molecule has 4 rings (SSSR count). The number of carbonyl (C=O) groups is 2. The van der Waals surface area contributed by atoms with Crippen molar-refractivity contribution in [2.45, 2.75) is 25.7 Å². The van der Waals surface area contributed by atoms with Crippen molar-refractivity contribution >= 4 is 22.7 Å². The second-order valence-electron chi connectivity index (χ2n) is 6.88. The van der Waals surface area contributed by atoms with Gasteiger partial charge in [-0.15, -0.1) is 0 Å². The largest absolute Gasteiger partial charge is 0.361 e. The predicted octanol–water partition coefficient (Wildman–Crippen LogP) is 2.09. The third-order valence-corrected chi connectivity index (χ3v) is 5.23. The van der Waals surface area contributed by atoms with Crippen LogP contribution in [0.15, 0.2) is 30.5 Å². The maximum Gasteiger partial charge on any atom is 0.226 e. The van der Waals surface area contributed by atoms with Crippen molar-refractivity contribution < 1.29 is 9.59 Å².